The average Bonchev–Trinajstić information content (AvgIpc) is 2.03. The summed E-state index contributed by atoms with van der Waals surface area (Å²) in [4.78, 5) is 10.7. The predicted molar refractivity (Wildman–Crippen MR) is 50.1 cm³/mol. The molecule has 70 valence electrons. The highest BCUT2D eigenvalue weighted by Gasteiger charge is 2.14. The Hall–Kier alpha value is -0.790. The first-order chi connectivity index (χ1) is 5.72. The first kappa shape index (κ1) is 11.2. The van der Waals surface area contributed by atoms with Gasteiger partial charge in [-0.05, 0) is 25.7 Å². The molecule has 0 aliphatic carbocycles. The van der Waals surface area contributed by atoms with Crippen molar-refractivity contribution in [3.63, 3.8) is 0 Å². The second-order valence-corrected chi connectivity index (χ2v) is 3.04. The number of unbranched alkanes of at least 4 members (excludes halogenated alkanes) is 1. The average molecular weight is 170 g/mol. The molecule has 0 bridgehead atoms. The molecule has 2 heteroatoms. The maximum atomic E-state index is 10.7. The van der Waals surface area contributed by atoms with E-state index in [4.69, 9.17) is 5.11 Å². The van der Waals surface area contributed by atoms with Crippen LogP contribution in [0.25, 0.3) is 0 Å². The van der Waals surface area contributed by atoms with Gasteiger partial charge in [0.05, 0.1) is 5.92 Å². The highest BCUT2D eigenvalue weighted by molar-refractivity contribution is 5.69. The first-order valence-corrected chi connectivity index (χ1v) is 4.56. The van der Waals surface area contributed by atoms with Gasteiger partial charge in [0.2, 0.25) is 0 Å². The van der Waals surface area contributed by atoms with Gasteiger partial charge in [0, 0.05) is 0 Å². The molecule has 1 atom stereocenters. The standard InChI is InChI=1S/C10H18O2/c1-3-5-6-8-9(7-4-2)10(11)12/h3,9H,1,4-8H2,2H3,(H,11,12). The lowest BCUT2D eigenvalue weighted by Crippen LogP contribution is -2.12. The van der Waals surface area contributed by atoms with Crippen molar-refractivity contribution in [3.8, 4) is 0 Å². The summed E-state index contributed by atoms with van der Waals surface area (Å²) in [7, 11) is 0. The Morgan fingerprint density at radius 1 is 1.58 bits per heavy atom. The minimum Gasteiger partial charge on any atom is -0.481 e. The van der Waals surface area contributed by atoms with Gasteiger partial charge in [0.15, 0.2) is 0 Å². The second kappa shape index (κ2) is 6.89. The van der Waals surface area contributed by atoms with Gasteiger partial charge in [-0.1, -0.05) is 19.4 Å². The Labute approximate surface area is 74.3 Å². The molecule has 1 N–H and O–H groups in total. The molecular formula is C10H18O2. The van der Waals surface area contributed by atoms with Crippen LogP contribution in [0.2, 0.25) is 0 Å². The van der Waals surface area contributed by atoms with Crippen molar-refractivity contribution < 1.29 is 9.90 Å². The third-order valence-corrected chi connectivity index (χ3v) is 1.95. The van der Waals surface area contributed by atoms with Crippen molar-refractivity contribution in [2.24, 2.45) is 5.92 Å². The molecular weight excluding hydrogens is 152 g/mol. The molecule has 0 aliphatic heterocycles. The minimum atomic E-state index is -0.652. The van der Waals surface area contributed by atoms with E-state index in [9.17, 15) is 4.79 Å². The van der Waals surface area contributed by atoms with Crippen LogP contribution in [0.5, 0.6) is 0 Å². The van der Waals surface area contributed by atoms with Crippen LogP contribution in [0.4, 0.5) is 0 Å². The maximum Gasteiger partial charge on any atom is 0.306 e. The molecule has 2 nitrogen and oxygen atoms in total. The van der Waals surface area contributed by atoms with Crippen molar-refractivity contribution in [1.29, 1.82) is 0 Å². The van der Waals surface area contributed by atoms with Gasteiger partial charge in [0.1, 0.15) is 0 Å². The first-order valence-electron chi connectivity index (χ1n) is 4.56. The van der Waals surface area contributed by atoms with Gasteiger partial charge in [-0.3, -0.25) is 4.79 Å². The summed E-state index contributed by atoms with van der Waals surface area (Å²) in [5.74, 6) is -0.795. The Balaban J connectivity index is 3.63. The maximum absolute atomic E-state index is 10.7. The lowest BCUT2D eigenvalue weighted by atomic mass is 9.97. The van der Waals surface area contributed by atoms with Crippen molar-refractivity contribution in [3.05, 3.63) is 12.7 Å². The third kappa shape index (κ3) is 4.94. The summed E-state index contributed by atoms with van der Waals surface area (Å²) in [6.45, 7) is 5.62. The summed E-state index contributed by atoms with van der Waals surface area (Å²) in [6.07, 6.45) is 6.24. The van der Waals surface area contributed by atoms with Gasteiger partial charge < -0.3 is 5.11 Å². The molecule has 0 heterocycles. The van der Waals surface area contributed by atoms with Crippen LogP contribution in [0, 0.1) is 5.92 Å². The predicted octanol–water partition coefficient (Wildman–Crippen LogP) is 2.84. The van der Waals surface area contributed by atoms with E-state index in [1.54, 1.807) is 0 Å². The molecule has 0 aliphatic rings. The number of rotatable bonds is 7. The largest absolute Gasteiger partial charge is 0.481 e. The molecule has 0 spiro atoms. The van der Waals surface area contributed by atoms with Crippen LogP contribution in [0.3, 0.4) is 0 Å². The summed E-state index contributed by atoms with van der Waals surface area (Å²) in [5.41, 5.74) is 0. The summed E-state index contributed by atoms with van der Waals surface area (Å²) < 4.78 is 0. The minimum absolute atomic E-state index is 0.144. The molecule has 12 heavy (non-hydrogen) atoms. The Morgan fingerprint density at radius 3 is 2.67 bits per heavy atom. The van der Waals surface area contributed by atoms with Crippen LogP contribution >= 0.6 is 0 Å². The van der Waals surface area contributed by atoms with E-state index < -0.39 is 5.97 Å². The van der Waals surface area contributed by atoms with Gasteiger partial charge in [-0.15, -0.1) is 6.58 Å². The van der Waals surface area contributed by atoms with E-state index in [2.05, 4.69) is 6.58 Å². The molecule has 0 aromatic rings. The van der Waals surface area contributed by atoms with Crippen molar-refractivity contribution in [2.45, 2.75) is 39.0 Å². The van der Waals surface area contributed by atoms with Gasteiger partial charge in [-0.2, -0.15) is 0 Å². The van der Waals surface area contributed by atoms with E-state index in [1.807, 2.05) is 13.0 Å². The van der Waals surface area contributed by atoms with Gasteiger partial charge >= 0.3 is 5.97 Å². The second-order valence-electron chi connectivity index (χ2n) is 3.04. The lowest BCUT2D eigenvalue weighted by molar-refractivity contribution is -0.142. The normalized spacial score (nSPS) is 12.4. The number of allylic oxidation sites excluding steroid dienone is 1. The van der Waals surface area contributed by atoms with Crippen LogP contribution < -0.4 is 0 Å². The summed E-state index contributed by atoms with van der Waals surface area (Å²) in [5, 5.41) is 8.78. The van der Waals surface area contributed by atoms with Crippen LogP contribution in [-0.4, -0.2) is 11.1 Å². The lowest BCUT2D eigenvalue weighted by Gasteiger charge is -2.09. The summed E-state index contributed by atoms with van der Waals surface area (Å²) in [6, 6.07) is 0. The topological polar surface area (TPSA) is 37.3 Å². The van der Waals surface area contributed by atoms with Gasteiger partial charge in [-0.25, -0.2) is 0 Å². The molecule has 0 aromatic carbocycles. The summed E-state index contributed by atoms with van der Waals surface area (Å²) >= 11 is 0. The van der Waals surface area contributed by atoms with Gasteiger partial charge in [0.25, 0.3) is 0 Å². The molecule has 0 fully saturated rings. The Bertz CT molecular complexity index is 141. The zero-order chi connectivity index (χ0) is 9.40. The quantitative estimate of drug-likeness (QED) is 0.471. The van der Waals surface area contributed by atoms with E-state index in [0.717, 1.165) is 32.1 Å². The van der Waals surface area contributed by atoms with E-state index >= 15 is 0 Å². The zero-order valence-electron chi connectivity index (χ0n) is 7.75. The van der Waals surface area contributed by atoms with Crippen LogP contribution in [-0.2, 0) is 4.79 Å². The number of hydrogen-bond acceptors (Lipinski definition) is 1. The fraction of sp³-hybridized carbons (Fsp3) is 0.700. The Kier molecular flexibility index (Phi) is 6.44. The van der Waals surface area contributed by atoms with Crippen molar-refractivity contribution in [1.82, 2.24) is 0 Å². The highest BCUT2D eigenvalue weighted by atomic mass is 16.4. The molecule has 0 radical (unpaired) electrons. The molecule has 0 saturated carbocycles. The molecule has 0 amide bonds. The van der Waals surface area contributed by atoms with Crippen LogP contribution in [0.1, 0.15) is 39.0 Å². The molecule has 0 aromatic heterocycles. The number of aliphatic carboxylic acids is 1. The molecule has 0 rings (SSSR count). The molecule has 0 saturated heterocycles. The van der Waals surface area contributed by atoms with Crippen LogP contribution in [0.15, 0.2) is 12.7 Å². The van der Waals surface area contributed by atoms with Crippen molar-refractivity contribution in [2.75, 3.05) is 0 Å². The fourth-order valence-electron chi connectivity index (χ4n) is 1.25. The smallest absolute Gasteiger partial charge is 0.306 e. The van der Waals surface area contributed by atoms with E-state index in [1.165, 1.54) is 0 Å². The number of carbonyl (C=O) groups is 1. The van der Waals surface area contributed by atoms with E-state index in [0.29, 0.717) is 0 Å². The van der Waals surface area contributed by atoms with E-state index in [-0.39, 0.29) is 5.92 Å². The number of hydrogen-bond donors (Lipinski definition) is 1. The van der Waals surface area contributed by atoms with Crippen molar-refractivity contribution >= 4 is 5.97 Å². The fourth-order valence-corrected chi connectivity index (χ4v) is 1.25. The number of carboxylic acids is 1. The zero-order valence-corrected chi connectivity index (χ0v) is 7.75. The molecule has 1 unspecified atom stereocenters. The highest BCUT2D eigenvalue weighted by Crippen LogP contribution is 2.14. The number of carboxylic acid groups (broad SMARTS) is 1. The monoisotopic (exact) mass is 170 g/mol. The third-order valence-electron chi connectivity index (χ3n) is 1.95. The SMILES string of the molecule is C=CCCCC(CCC)C(=O)O. The Morgan fingerprint density at radius 2 is 2.25 bits per heavy atom.